The van der Waals surface area contributed by atoms with Gasteiger partial charge >= 0.3 is 0 Å². The van der Waals surface area contributed by atoms with Crippen LogP contribution in [-0.4, -0.2) is 18.0 Å². The highest BCUT2D eigenvalue weighted by molar-refractivity contribution is 8.12. The van der Waals surface area contributed by atoms with Gasteiger partial charge in [0.1, 0.15) is 0 Å². The molecule has 0 unspecified atom stereocenters. The molecule has 4 saturated carbocycles. The molecule has 0 aliphatic heterocycles. The van der Waals surface area contributed by atoms with Gasteiger partial charge in [0, 0.05) is 18.2 Å². The lowest BCUT2D eigenvalue weighted by atomic mass is 9.49. The van der Waals surface area contributed by atoms with Crippen molar-refractivity contribution in [2.75, 3.05) is 7.05 Å². The van der Waals surface area contributed by atoms with Gasteiger partial charge in [-0.3, -0.25) is 4.79 Å². The van der Waals surface area contributed by atoms with Gasteiger partial charge in [-0.2, -0.15) is 0 Å². The summed E-state index contributed by atoms with van der Waals surface area (Å²) in [5.74, 6) is 2.62. The third-order valence-corrected chi connectivity index (χ3v) is 5.45. The van der Waals surface area contributed by atoms with Crippen molar-refractivity contribution in [3.05, 3.63) is 0 Å². The van der Waals surface area contributed by atoms with Crippen molar-refractivity contribution < 1.29 is 4.79 Å². The van der Waals surface area contributed by atoms with Gasteiger partial charge in [-0.05, 0) is 56.3 Å². The van der Waals surface area contributed by atoms with Crippen LogP contribution in [0.3, 0.4) is 0 Å². The minimum atomic E-state index is -0.0853. The van der Waals surface area contributed by atoms with Crippen LogP contribution in [-0.2, 0) is 26.1 Å². The molecule has 3 nitrogen and oxygen atoms in total. The Hall–Kier alpha value is -0.290. The number of carbonyl (C=O) groups is 1. The lowest BCUT2D eigenvalue weighted by Crippen LogP contribution is -2.53. The zero-order valence-corrected chi connectivity index (χ0v) is 11.7. The normalized spacial score (nSPS) is 42.3. The summed E-state index contributed by atoms with van der Waals surface area (Å²) in [6.07, 6.45) is 7.38. The second-order valence-corrected chi connectivity index (χ2v) is 6.94. The van der Waals surface area contributed by atoms with Gasteiger partial charge in [-0.25, -0.2) is 5.01 Å². The van der Waals surface area contributed by atoms with E-state index in [1.165, 1.54) is 24.3 Å². The van der Waals surface area contributed by atoms with E-state index in [0.29, 0.717) is 0 Å². The van der Waals surface area contributed by atoms with Crippen LogP contribution in [0.5, 0.6) is 0 Å². The molecule has 0 aromatic heterocycles. The molecule has 0 heterocycles. The molecule has 4 aliphatic rings. The lowest BCUT2D eigenvalue weighted by Gasteiger charge is -2.55. The Morgan fingerprint density at radius 1 is 1.24 bits per heavy atom. The third kappa shape index (κ3) is 1.87. The lowest BCUT2D eigenvalue weighted by molar-refractivity contribution is -0.156. The van der Waals surface area contributed by atoms with E-state index in [9.17, 15) is 4.79 Å². The SMILES string of the molecule is CN(N=S=S)C(=O)C12CC3CC(CC(C3)C1)C2. The Labute approximate surface area is 110 Å². The summed E-state index contributed by atoms with van der Waals surface area (Å²) in [6, 6.07) is 0. The van der Waals surface area contributed by atoms with Crippen molar-refractivity contribution in [3.8, 4) is 0 Å². The highest BCUT2D eigenvalue weighted by atomic mass is 32.8. The summed E-state index contributed by atoms with van der Waals surface area (Å²) in [5, 5.41) is 1.49. The van der Waals surface area contributed by atoms with Crippen molar-refractivity contribution in [3.63, 3.8) is 0 Å². The maximum atomic E-state index is 12.6. The number of hydrogen-bond donors (Lipinski definition) is 0. The van der Waals surface area contributed by atoms with Crippen molar-refractivity contribution in [1.29, 1.82) is 0 Å². The van der Waals surface area contributed by atoms with E-state index in [1.54, 1.807) is 7.05 Å². The standard InChI is InChI=1S/C12H18N2OS2/c1-14(13-17-16)11(15)12-5-8-2-9(6-12)4-10(3-8)7-12/h8-10H,2-7H2,1H3. The summed E-state index contributed by atoms with van der Waals surface area (Å²) in [6.45, 7) is 0. The fourth-order valence-electron chi connectivity index (χ4n) is 4.80. The van der Waals surface area contributed by atoms with Gasteiger partial charge in [0.25, 0.3) is 0 Å². The summed E-state index contributed by atoms with van der Waals surface area (Å²) < 4.78 is 4.00. The molecule has 4 aliphatic carbocycles. The van der Waals surface area contributed by atoms with Crippen LogP contribution >= 0.6 is 0 Å². The Kier molecular flexibility index (Phi) is 2.86. The van der Waals surface area contributed by atoms with Crippen LogP contribution in [0.2, 0.25) is 0 Å². The van der Waals surface area contributed by atoms with Crippen LogP contribution < -0.4 is 0 Å². The van der Waals surface area contributed by atoms with E-state index >= 15 is 0 Å². The largest absolute Gasteiger partial charge is 0.272 e. The second kappa shape index (κ2) is 4.12. The highest BCUT2D eigenvalue weighted by Gasteiger charge is 2.55. The van der Waals surface area contributed by atoms with E-state index in [4.69, 9.17) is 11.2 Å². The zero-order valence-electron chi connectivity index (χ0n) is 10.1. The van der Waals surface area contributed by atoms with Crippen LogP contribution in [0.25, 0.3) is 0 Å². The molecular formula is C12H18N2OS2. The first-order chi connectivity index (χ1) is 8.13. The maximum Gasteiger partial charge on any atom is 0.249 e. The van der Waals surface area contributed by atoms with Crippen LogP contribution in [0.15, 0.2) is 4.47 Å². The maximum absolute atomic E-state index is 12.6. The molecule has 0 aromatic carbocycles. The first kappa shape index (κ1) is 11.8. The number of hydrogen-bond acceptors (Lipinski definition) is 3. The fourth-order valence-corrected chi connectivity index (χ4v) is 5.28. The number of rotatable bonds is 2. The van der Waals surface area contributed by atoms with Crippen LogP contribution in [0.1, 0.15) is 38.5 Å². The zero-order chi connectivity index (χ0) is 12.0. The summed E-state index contributed by atoms with van der Waals surface area (Å²) >= 11 is 4.75. The smallest absolute Gasteiger partial charge is 0.249 e. The van der Waals surface area contributed by atoms with Crippen LogP contribution in [0, 0.1) is 23.2 Å². The Morgan fingerprint density at radius 2 is 1.71 bits per heavy atom. The highest BCUT2D eigenvalue weighted by Crippen LogP contribution is 2.60. The molecule has 0 saturated heterocycles. The molecule has 4 fully saturated rings. The number of amides is 1. The van der Waals surface area contributed by atoms with Gasteiger partial charge < -0.3 is 0 Å². The summed E-state index contributed by atoms with van der Waals surface area (Å²) in [7, 11) is 2.71. The van der Waals surface area contributed by atoms with Crippen molar-refractivity contribution >= 4 is 27.2 Å². The van der Waals surface area contributed by atoms with Gasteiger partial charge in [-0.15, -0.1) is 0 Å². The van der Waals surface area contributed by atoms with Gasteiger partial charge in [-0.1, -0.05) is 4.47 Å². The fraction of sp³-hybridized carbons (Fsp3) is 0.917. The van der Waals surface area contributed by atoms with Crippen molar-refractivity contribution in [2.45, 2.75) is 38.5 Å². The van der Waals surface area contributed by atoms with Gasteiger partial charge in [0.05, 0.1) is 15.5 Å². The molecule has 4 bridgehead atoms. The van der Waals surface area contributed by atoms with E-state index in [1.807, 2.05) is 0 Å². The van der Waals surface area contributed by atoms with E-state index < -0.39 is 0 Å². The molecule has 94 valence electrons. The van der Waals surface area contributed by atoms with Gasteiger partial charge in [0.2, 0.25) is 5.91 Å². The monoisotopic (exact) mass is 270 g/mol. The summed E-state index contributed by atoms with van der Waals surface area (Å²) in [5.41, 5.74) is -0.0853. The average molecular weight is 270 g/mol. The predicted molar refractivity (Wildman–Crippen MR) is 70.5 cm³/mol. The molecule has 5 heteroatoms. The minimum absolute atomic E-state index is 0.0853. The summed E-state index contributed by atoms with van der Waals surface area (Å²) in [4.78, 5) is 12.6. The Bertz CT molecular complexity index is 368. The van der Waals surface area contributed by atoms with Crippen molar-refractivity contribution in [2.24, 2.45) is 27.6 Å². The molecule has 1 amide bonds. The number of nitrogens with zero attached hydrogens (tertiary/aromatic N) is 2. The molecule has 0 N–H and O–H groups in total. The predicted octanol–water partition coefficient (Wildman–Crippen LogP) is 2.30. The quantitative estimate of drug-likeness (QED) is 0.721. The minimum Gasteiger partial charge on any atom is -0.272 e. The molecule has 0 atom stereocenters. The number of carbonyl (C=O) groups excluding carboxylic acids is 1. The molecule has 0 spiro atoms. The van der Waals surface area contributed by atoms with Crippen LogP contribution in [0.4, 0.5) is 0 Å². The molecule has 4 rings (SSSR count). The third-order valence-electron chi connectivity index (χ3n) is 4.94. The Morgan fingerprint density at radius 3 is 2.12 bits per heavy atom. The molecule has 0 aromatic rings. The average Bonchev–Trinajstić information content (AvgIpc) is 2.26. The molecular weight excluding hydrogens is 252 g/mol. The first-order valence-electron chi connectivity index (χ1n) is 6.41. The molecule has 17 heavy (non-hydrogen) atoms. The van der Waals surface area contributed by atoms with E-state index in [-0.39, 0.29) is 11.3 Å². The first-order valence-corrected chi connectivity index (χ1v) is 8.11. The van der Waals surface area contributed by atoms with Gasteiger partial charge in [0.15, 0.2) is 0 Å². The van der Waals surface area contributed by atoms with E-state index in [0.717, 1.165) is 47.1 Å². The Balaban J connectivity index is 1.86. The second-order valence-electron chi connectivity index (χ2n) is 6.18. The van der Waals surface area contributed by atoms with Crippen molar-refractivity contribution in [1.82, 2.24) is 5.01 Å². The van der Waals surface area contributed by atoms with E-state index in [2.05, 4.69) is 4.47 Å². The topological polar surface area (TPSA) is 32.7 Å². The molecule has 0 radical (unpaired) electrons.